The van der Waals surface area contributed by atoms with E-state index in [2.05, 4.69) is 40.1 Å². The summed E-state index contributed by atoms with van der Waals surface area (Å²) in [5.74, 6) is 0.186. The van der Waals surface area contributed by atoms with Crippen LogP contribution in [0.4, 0.5) is 5.69 Å². The number of pyridine rings is 1. The fraction of sp³-hybridized carbons (Fsp3) is 0.484. The maximum absolute atomic E-state index is 13.9. The molecule has 0 aliphatic carbocycles. The second kappa shape index (κ2) is 11.7. The highest BCUT2D eigenvalue weighted by Gasteiger charge is 2.36. The van der Waals surface area contributed by atoms with E-state index in [0.29, 0.717) is 38.5 Å². The summed E-state index contributed by atoms with van der Waals surface area (Å²) in [6, 6.07) is 12.8. The molecule has 2 aliphatic rings. The highest BCUT2D eigenvalue weighted by Crippen LogP contribution is 2.33. The molecule has 2 aromatic heterocycles. The first-order valence-electron chi connectivity index (χ1n) is 14.1. The molecule has 0 radical (unpaired) electrons. The monoisotopic (exact) mass is 528 g/mol. The van der Waals surface area contributed by atoms with Gasteiger partial charge in [-0.1, -0.05) is 18.2 Å². The lowest BCUT2D eigenvalue weighted by Crippen LogP contribution is -2.45. The van der Waals surface area contributed by atoms with Crippen molar-refractivity contribution in [2.75, 3.05) is 18.0 Å². The molecule has 1 saturated heterocycles. The minimum atomic E-state index is 0.0392. The third-order valence-corrected chi connectivity index (χ3v) is 8.63. The minimum absolute atomic E-state index is 0.0392. The van der Waals surface area contributed by atoms with E-state index in [4.69, 9.17) is 0 Å². The van der Waals surface area contributed by atoms with Gasteiger partial charge in [-0.15, -0.1) is 0 Å². The van der Waals surface area contributed by atoms with Crippen LogP contribution in [-0.4, -0.2) is 61.6 Å². The van der Waals surface area contributed by atoms with Gasteiger partial charge in [0, 0.05) is 82.4 Å². The first-order valence-corrected chi connectivity index (χ1v) is 14.1. The second-order valence-corrected chi connectivity index (χ2v) is 11.0. The maximum atomic E-state index is 13.9. The third kappa shape index (κ3) is 5.91. The SMILES string of the molecule is CC(=O)N1CCC2CCC(CN(C(=O)CCc3c(C)nn(C)c3C)Cc3ccccc31)N2Cc1ccncc1. The van der Waals surface area contributed by atoms with Crippen LogP contribution in [0.2, 0.25) is 0 Å². The Hall–Kier alpha value is -3.52. The van der Waals surface area contributed by atoms with Crippen LogP contribution >= 0.6 is 0 Å². The number of anilines is 1. The first-order chi connectivity index (χ1) is 18.8. The Morgan fingerprint density at radius 1 is 1.00 bits per heavy atom. The molecule has 8 heteroatoms. The van der Waals surface area contributed by atoms with Gasteiger partial charge in [-0.05, 0) is 74.4 Å². The van der Waals surface area contributed by atoms with Gasteiger partial charge in [-0.2, -0.15) is 5.10 Å². The molecule has 1 aromatic carbocycles. The molecular weight excluding hydrogens is 488 g/mol. The zero-order chi connectivity index (χ0) is 27.5. The van der Waals surface area contributed by atoms with Crippen LogP contribution in [0, 0.1) is 13.8 Å². The number of fused-ring (bicyclic) bond motifs is 3. The fourth-order valence-electron chi connectivity index (χ4n) is 6.40. The molecule has 0 N–H and O–H groups in total. The standard InChI is InChI=1S/C31H40N6O2/c1-22-29(23(2)34(4)33-22)11-12-31(39)35-20-26-7-5-6-8-30(26)36(24(3)38)18-15-27-9-10-28(21-35)37(27)19-25-13-16-32-17-14-25/h5-8,13-14,16-17,27-28H,9-12,15,18-21H2,1-4H3. The van der Waals surface area contributed by atoms with E-state index in [1.54, 1.807) is 6.92 Å². The highest BCUT2D eigenvalue weighted by molar-refractivity contribution is 5.92. The molecule has 1 fully saturated rings. The number of hydrogen-bond donors (Lipinski definition) is 0. The summed E-state index contributed by atoms with van der Waals surface area (Å²) in [5.41, 5.74) is 6.43. The van der Waals surface area contributed by atoms with E-state index in [9.17, 15) is 9.59 Å². The number of benzene rings is 1. The number of hydrogen-bond acceptors (Lipinski definition) is 5. The first kappa shape index (κ1) is 27.1. The average Bonchev–Trinajstić information content (AvgIpc) is 3.40. The van der Waals surface area contributed by atoms with Crippen LogP contribution in [0.25, 0.3) is 0 Å². The van der Waals surface area contributed by atoms with Crippen LogP contribution in [0.15, 0.2) is 48.8 Å². The molecule has 3 aromatic rings. The van der Waals surface area contributed by atoms with Crippen molar-refractivity contribution < 1.29 is 9.59 Å². The third-order valence-electron chi connectivity index (χ3n) is 8.63. The van der Waals surface area contributed by atoms with Crippen LogP contribution in [0.5, 0.6) is 0 Å². The van der Waals surface area contributed by atoms with Crippen molar-refractivity contribution in [3.8, 4) is 0 Å². The van der Waals surface area contributed by atoms with Crippen LogP contribution in [0.1, 0.15) is 60.7 Å². The smallest absolute Gasteiger partial charge is 0.223 e. The summed E-state index contributed by atoms with van der Waals surface area (Å²) in [6.07, 6.45) is 7.82. The molecule has 0 saturated carbocycles. The van der Waals surface area contributed by atoms with Gasteiger partial charge in [-0.3, -0.25) is 24.2 Å². The van der Waals surface area contributed by atoms with Gasteiger partial charge in [-0.25, -0.2) is 0 Å². The number of para-hydroxylation sites is 1. The quantitative estimate of drug-likeness (QED) is 0.497. The minimum Gasteiger partial charge on any atom is -0.337 e. The molecule has 4 heterocycles. The van der Waals surface area contributed by atoms with Gasteiger partial charge in [0.1, 0.15) is 0 Å². The lowest BCUT2D eigenvalue weighted by Gasteiger charge is -2.34. The van der Waals surface area contributed by atoms with Gasteiger partial charge in [0.15, 0.2) is 0 Å². The van der Waals surface area contributed by atoms with E-state index in [1.807, 2.05) is 59.0 Å². The van der Waals surface area contributed by atoms with E-state index in [1.165, 1.54) is 5.56 Å². The van der Waals surface area contributed by atoms with Gasteiger partial charge in [0.25, 0.3) is 0 Å². The largest absolute Gasteiger partial charge is 0.337 e. The average molecular weight is 529 g/mol. The highest BCUT2D eigenvalue weighted by atomic mass is 16.2. The molecule has 2 aliphatic heterocycles. The molecular formula is C31H40N6O2. The number of nitrogens with zero attached hydrogens (tertiary/aromatic N) is 6. The predicted octanol–water partition coefficient (Wildman–Crippen LogP) is 4.18. The number of aromatic nitrogens is 3. The van der Waals surface area contributed by atoms with Crippen molar-refractivity contribution >= 4 is 17.5 Å². The maximum Gasteiger partial charge on any atom is 0.223 e. The van der Waals surface area contributed by atoms with Crippen LogP contribution in [0.3, 0.4) is 0 Å². The van der Waals surface area contributed by atoms with E-state index >= 15 is 0 Å². The van der Waals surface area contributed by atoms with E-state index in [-0.39, 0.29) is 17.9 Å². The Morgan fingerprint density at radius 2 is 1.74 bits per heavy atom. The summed E-state index contributed by atoms with van der Waals surface area (Å²) in [5, 5.41) is 4.54. The zero-order valence-electron chi connectivity index (χ0n) is 23.6. The number of amides is 2. The van der Waals surface area contributed by atoms with Gasteiger partial charge in [0.2, 0.25) is 11.8 Å². The van der Waals surface area contributed by atoms with Crippen molar-refractivity contribution in [3.05, 3.63) is 76.9 Å². The van der Waals surface area contributed by atoms with Crippen molar-refractivity contribution in [1.82, 2.24) is 24.6 Å². The van der Waals surface area contributed by atoms with Crippen molar-refractivity contribution in [2.45, 2.75) is 78.0 Å². The number of aryl methyl sites for hydroxylation is 2. The number of carbonyl (C=O) groups is 2. The summed E-state index contributed by atoms with van der Waals surface area (Å²) in [4.78, 5) is 37.5. The molecule has 8 nitrogen and oxygen atoms in total. The number of carbonyl (C=O) groups excluding carboxylic acids is 2. The molecule has 2 atom stereocenters. The van der Waals surface area contributed by atoms with E-state index in [0.717, 1.165) is 54.0 Å². The molecule has 206 valence electrons. The Morgan fingerprint density at radius 3 is 2.46 bits per heavy atom. The summed E-state index contributed by atoms with van der Waals surface area (Å²) < 4.78 is 1.89. The van der Waals surface area contributed by atoms with Crippen molar-refractivity contribution in [1.29, 1.82) is 0 Å². The molecule has 0 spiro atoms. The number of rotatable bonds is 5. The van der Waals surface area contributed by atoms with Gasteiger partial charge in [0.05, 0.1) is 5.69 Å². The van der Waals surface area contributed by atoms with Gasteiger partial charge < -0.3 is 9.80 Å². The predicted molar refractivity (Wildman–Crippen MR) is 152 cm³/mol. The van der Waals surface area contributed by atoms with Crippen LogP contribution in [-0.2, 0) is 36.1 Å². The molecule has 2 amide bonds. The molecule has 2 bridgehead atoms. The van der Waals surface area contributed by atoms with E-state index < -0.39 is 0 Å². The van der Waals surface area contributed by atoms with Crippen molar-refractivity contribution in [3.63, 3.8) is 0 Å². The summed E-state index contributed by atoms with van der Waals surface area (Å²) in [6.45, 7) is 8.39. The fourth-order valence-corrected chi connectivity index (χ4v) is 6.40. The Balaban J connectivity index is 1.46. The van der Waals surface area contributed by atoms with Crippen LogP contribution < -0.4 is 4.90 Å². The normalized spacial score (nSPS) is 20.0. The van der Waals surface area contributed by atoms with Gasteiger partial charge >= 0.3 is 0 Å². The second-order valence-electron chi connectivity index (χ2n) is 11.0. The summed E-state index contributed by atoms with van der Waals surface area (Å²) >= 11 is 0. The molecule has 5 rings (SSSR count). The lowest BCUT2D eigenvalue weighted by atomic mass is 10.0. The Kier molecular flexibility index (Phi) is 8.12. The Labute approximate surface area is 231 Å². The molecule has 39 heavy (non-hydrogen) atoms. The zero-order valence-corrected chi connectivity index (χ0v) is 23.6. The topological polar surface area (TPSA) is 74.6 Å². The Bertz CT molecular complexity index is 1320. The lowest BCUT2D eigenvalue weighted by molar-refractivity contribution is -0.132. The van der Waals surface area contributed by atoms with Crippen molar-refractivity contribution in [2.24, 2.45) is 7.05 Å². The summed E-state index contributed by atoms with van der Waals surface area (Å²) in [7, 11) is 1.95. The molecule has 2 unspecified atom stereocenters.